The van der Waals surface area contributed by atoms with Crippen molar-refractivity contribution >= 4 is 5.97 Å². The number of rotatable bonds is 4. The number of aromatic nitrogens is 1. The fourth-order valence-electron chi connectivity index (χ4n) is 4.72. The van der Waals surface area contributed by atoms with Crippen LogP contribution in [0.15, 0.2) is 36.7 Å². The monoisotopic (exact) mass is 368 g/mol. The van der Waals surface area contributed by atoms with E-state index in [1.165, 1.54) is 23.4 Å². The van der Waals surface area contributed by atoms with Crippen LogP contribution in [0.25, 0.3) is 0 Å². The number of phenols is 1. The second-order valence-corrected chi connectivity index (χ2v) is 7.89. The van der Waals surface area contributed by atoms with E-state index in [4.69, 9.17) is 9.84 Å². The maximum Gasteiger partial charge on any atom is 0.337 e. The molecule has 0 amide bonds. The number of phenolic OH excluding ortho intramolecular Hbond substituents is 1. The molecule has 0 radical (unpaired) electrons. The highest BCUT2D eigenvalue weighted by molar-refractivity contribution is 5.87. The molecular formula is C21H24N2O4. The van der Waals surface area contributed by atoms with Crippen molar-refractivity contribution in [1.29, 1.82) is 0 Å². The minimum absolute atomic E-state index is 0.0959. The molecule has 2 bridgehead atoms. The van der Waals surface area contributed by atoms with E-state index in [2.05, 4.69) is 23.9 Å². The molecule has 1 aromatic heterocycles. The van der Waals surface area contributed by atoms with Crippen LogP contribution in [0.1, 0.15) is 34.8 Å². The molecule has 6 heteroatoms. The third-order valence-electron chi connectivity index (χ3n) is 6.36. The van der Waals surface area contributed by atoms with Crippen LogP contribution in [0.3, 0.4) is 0 Å². The van der Waals surface area contributed by atoms with Gasteiger partial charge in [-0.1, -0.05) is 13.0 Å². The van der Waals surface area contributed by atoms with Crippen LogP contribution in [0.4, 0.5) is 0 Å². The Bertz CT molecular complexity index is 884. The summed E-state index contributed by atoms with van der Waals surface area (Å²) in [5.74, 6) is -0.0102. The highest BCUT2D eigenvalue weighted by Crippen LogP contribution is 2.49. The number of benzene rings is 1. The molecule has 2 aromatic rings. The van der Waals surface area contributed by atoms with E-state index in [1.807, 2.05) is 12.1 Å². The number of carboxylic acids is 1. The number of ether oxygens (including phenoxy) is 1. The quantitative estimate of drug-likeness (QED) is 0.863. The van der Waals surface area contributed by atoms with Crippen LogP contribution in [0.2, 0.25) is 0 Å². The maximum atomic E-state index is 11.2. The number of pyridine rings is 1. The third kappa shape index (κ3) is 3.04. The van der Waals surface area contributed by atoms with E-state index in [-0.39, 0.29) is 16.9 Å². The Morgan fingerprint density at radius 1 is 1.37 bits per heavy atom. The third-order valence-corrected chi connectivity index (χ3v) is 6.36. The Morgan fingerprint density at radius 2 is 2.19 bits per heavy atom. The molecule has 2 heterocycles. The lowest BCUT2D eigenvalue weighted by Gasteiger charge is -2.54. The SMILES string of the molecule is CN1CC[C@]2(C)c3cc(O)ccc3C[C@@H]1[C@H]2COc1cncc(C(=O)O)c1. The number of carbonyl (C=O) groups is 1. The Balaban J connectivity index is 1.64. The Labute approximate surface area is 158 Å². The largest absolute Gasteiger partial charge is 0.508 e. The number of nitrogens with zero attached hydrogens (tertiary/aromatic N) is 2. The molecule has 2 N–H and O–H groups in total. The molecule has 6 nitrogen and oxygen atoms in total. The van der Waals surface area contributed by atoms with Gasteiger partial charge in [-0.3, -0.25) is 4.98 Å². The summed E-state index contributed by atoms with van der Waals surface area (Å²) < 4.78 is 6.02. The van der Waals surface area contributed by atoms with Crippen LogP contribution in [-0.4, -0.2) is 52.3 Å². The molecule has 1 saturated heterocycles. The van der Waals surface area contributed by atoms with Crippen molar-refractivity contribution < 1.29 is 19.7 Å². The standard InChI is InChI=1S/C21H24N2O4/c1-21-5-6-23(2)19(8-13-3-4-15(24)9-17(13)21)18(21)12-27-16-7-14(20(25)26)10-22-11-16/h3-4,7,9-11,18-19,24H,5-6,8,12H2,1-2H3,(H,25,26)/t18-,19-,21-/m1/s1. The minimum atomic E-state index is -1.02. The van der Waals surface area contributed by atoms with Gasteiger partial charge in [-0.2, -0.15) is 0 Å². The van der Waals surface area contributed by atoms with Gasteiger partial charge in [0.25, 0.3) is 0 Å². The zero-order chi connectivity index (χ0) is 19.2. The fourth-order valence-corrected chi connectivity index (χ4v) is 4.72. The molecule has 1 fully saturated rings. The molecule has 0 saturated carbocycles. The average molecular weight is 368 g/mol. The van der Waals surface area contributed by atoms with Gasteiger partial charge in [0.1, 0.15) is 11.5 Å². The van der Waals surface area contributed by atoms with Crippen molar-refractivity contribution in [2.45, 2.75) is 31.2 Å². The lowest BCUT2D eigenvalue weighted by Crippen LogP contribution is -2.59. The number of likely N-dealkylation sites (N-methyl/N-ethyl adjacent to an activating group) is 1. The normalized spacial score (nSPS) is 27.0. The Morgan fingerprint density at radius 3 is 2.96 bits per heavy atom. The van der Waals surface area contributed by atoms with Crippen molar-refractivity contribution in [3.8, 4) is 11.5 Å². The van der Waals surface area contributed by atoms with Crippen LogP contribution < -0.4 is 4.74 Å². The molecule has 1 aliphatic heterocycles. The summed E-state index contributed by atoms with van der Waals surface area (Å²) in [4.78, 5) is 17.5. The fraction of sp³-hybridized carbons (Fsp3) is 0.429. The van der Waals surface area contributed by atoms with Crippen LogP contribution >= 0.6 is 0 Å². The molecule has 4 rings (SSSR count). The van der Waals surface area contributed by atoms with E-state index < -0.39 is 5.97 Å². The van der Waals surface area contributed by atoms with Crippen LogP contribution in [-0.2, 0) is 11.8 Å². The lowest BCUT2D eigenvalue weighted by molar-refractivity contribution is 0.0117. The highest BCUT2D eigenvalue weighted by atomic mass is 16.5. The number of carboxylic acid groups (broad SMARTS) is 1. The number of piperidine rings is 1. The summed E-state index contributed by atoms with van der Waals surface area (Å²) in [5, 5.41) is 19.2. The summed E-state index contributed by atoms with van der Waals surface area (Å²) in [5.41, 5.74) is 2.52. The summed E-state index contributed by atoms with van der Waals surface area (Å²) in [6.45, 7) is 3.73. The topological polar surface area (TPSA) is 82.9 Å². The summed E-state index contributed by atoms with van der Waals surface area (Å²) in [7, 11) is 2.15. The maximum absolute atomic E-state index is 11.2. The zero-order valence-electron chi connectivity index (χ0n) is 15.6. The van der Waals surface area contributed by atoms with Gasteiger partial charge < -0.3 is 19.8 Å². The van der Waals surface area contributed by atoms with E-state index in [0.29, 0.717) is 24.1 Å². The van der Waals surface area contributed by atoms with E-state index in [9.17, 15) is 9.90 Å². The smallest absolute Gasteiger partial charge is 0.337 e. The first kappa shape index (κ1) is 17.8. The molecule has 1 aliphatic carbocycles. The van der Waals surface area contributed by atoms with Crippen molar-refractivity contribution in [3.05, 3.63) is 53.3 Å². The number of likely N-dealkylation sites (tertiary alicyclic amines) is 1. The molecule has 1 aromatic carbocycles. The average Bonchev–Trinajstić information content (AvgIpc) is 2.65. The zero-order valence-corrected chi connectivity index (χ0v) is 15.6. The first-order chi connectivity index (χ1) is 12.9. The molecule has 3 atom stereocenters. The second-order valence-electron chi connectivity index (χ2n) is 7.89. The van der Waals surface area contributed by atoms with Gasteiger partial charge in [-0.05, 0) is 55.8 Å². The first-order valence-electron chi connectivity index (χ1n) is 9.22. The second kappa shape index (κ2) is 6.53. The first-order valence-corrected chi connectivity index (χ1v) is 9.22. The number of aromatic hydroxyl groups is 1. The molecule has 142 valence electrons. The van der Waals surface area contributed by atoms with Crippen LogP contribution in [0, 0.1) is 5.92 Å². The van der Waals surface area contributed by atoms with Crippen molar-refractivity contribution in [2.75, 3.05) is 20.2 Å². The number of aromatic carboxylic acids is 1. The number of hydrogen-bond donors (Lipinski definition) is 2. The minimum Gasteiger partial charge on any atom is -0.508 e. The number of fused-ring (bicyclic) bond motifs is 4. The van der Waals surface area contributed by atoms with Crippen molar-refractivity contribution in [3.63, 3.8) is 0 Å². The van der Waals surface area contributed by atoms with Gasteiger partial charge >= 0.3 is 5.97 Å². The van der Waals surface area contributed by atoms with Gasteiger partial charge in [0.05, 0.1) is 18.4 Å². The van der Waals surface area contributed by atoms with Gasteiger partial charge in [-0.25, -0.2) is 4.79 Å². The lowest BCUT2D eigenvalue weighted by atomic mass is 9.58. The molecule has 0 unspecified atom stereocenters. The molecule has 0 spiro atoms. The summed E-state index contributed by atoms with van der Waals surface area (Å²) >= 11 is 0. The molecule has 2 aliphatic rings. The van der Waals surface area contributed by atoms with E-state index in [1.54, 1.807) is 12.3 Å². The summed E-state index contributed by atoms with van der Waals surface area (Å²) in [6.07, 6.45) is 4.77. The predicted molar refractivity (Wildman–Crippen MR) is 100 cm³/mol. The van der Waals surface area contributed by atoms with Gasteiger partial charge in [0.15, 0.2) is 0 Å². The highest BCUT2D eigenvalue weighted by Gasteiger charge is 2.50. The van der Waals surface area contributed by atoms with Gasteiger partial charge in [0, 0.05) is 23.6 Å². The van der Waals surface area contributed by atoms with Crippen molar-refractivity contribution in [1.82, 2.24) is 9.88 Å². The van der Waals surface area contributed by atoms with Crippen molar-refractivity contribution in [2.24, 2.45) is 5.92 Å². The molecular weight excluding hydrogens is 344 g/mol. The van der Waals surface area contributed by atoms with Gasteiger partial charge in [0.2, 0.25) is 0 Å². The van der Waals surface area contributed by atoms with E-state index in [0.717, 1.165) is 19.4 Å². The predicted octanol–water partition coefficient (Wildman–Crippen LogP) is 2.70. The molecule has 27 heavy (non-hydrogen) atoms. The Hall–Kier alpha value is -2.60. The number of hydrogen-bond acceptors (Lipinski definition) is 5. The van der Waals surface area contributed by atoms with Crippen LogP contribution in [0.5, 0.6) is 11.5 Å². The Kier molecular flexibility index (Phi) is 4.30. The van der Waals surface area contributed by atoms with E-state index >= 15 is 0 Å². The van der Waals surface area contributed by atoms with Gasteiger partial charge in [-0.15, -0.1) is 0 Å². The summed E-state index contributed by atoms with van der Waals surface area (Å²) in [6, 6.07) is 7.55.